The van der Waals surface area contributed by atoms with Crippen LogP contribution < -0.4 is 4.90 Å². The molecule has 2 rings (SSSR count). The van der Waals surface area contributed by atoms with Gasteiger partial charge >= 0.3 is 0 Å². The number of aldehydes is 1. The fourth-order valence-electron chi connectivity index (χ4n) is 4.03. The Kier molecular flexibility index (Phi) is 11.1. The standard InChI is InChI=1S/C26H40N2OS/c1-5-9-14-21(7-3)18-28(19-22(8-4)15-10-6-2)26-27-25(24(20-29)30-26)23-16-12-11-13-17-23/h11-13,16-17,20-22H,5-10,14-15,18-19H2,1-4H3. The number of rotatable bonds is 15. The molecular formula is C26H40N2OS. The first-order valence-corrected chi connectivity index (χ1v) is 12.7. The molecular weight excluding hydrogens is 388 g/mol. The number of thiazole rings is 1. The van der Waals surface area contributed by atoms with E-state index in [1.807, 2.05) is 30.3 Å². The summed E-state index contributed by atoms with van der Waals surface area (Å²) in [5.74, 6) is 1.36. The number of carbonyl (C=O) groups is 1. The fraction of sp³-hybridized carbons (Fsp3) is 0.615. The summed E-state index contributed by atoms with van der Waals surface area (Å²) < 4.78 is 0. The second-order valence-corrected chi connectivity index (χ2v) is 9.44. The molecule has 3 nitrogen and oxygen atoms in total. The summed E-state index contributed by atoms with van der Waals surface area (Å²) in [5.41, 5.74) is 1.86. The zero-order valence-electron chi connectivity index (χ0n) is 19.4. The molecule has 0 bridgehead atoms. The fourth-order valence-corrected chi connectivity index (χ4v) is 4.95. The van der Waals surface area contributed by atoms with E-state index in [2.05, 4.69) is 32.6 Å². The monoisotopic (exact) mass is 428 g/mol. The van der Waals surface area contributed by atoms with Crippen molar-refractivity contribution < 1.29 is 4.79 Å². The lowest BCUT2D eigenvalue weighted by molar-refractivity contribution is 0.112. The number of hydrogen-bond acceptors (Lipinski definition) is 4. The van der Waals surface area contributed by atoms with Gasteiger partial charge in [-0.2, -0.15) is 0 Å². The summed E-state index contributed by atoms with van der Waals surface area (Å²) in [4.78, 5) is 20.1. The van der Waals surface area contributed by atoms with Crippen molar-refractivity contribution in [3.8, 4) is 11.3 Å². The minimum absolute atomic E-state index is 0.678. The van der Waals surface area contributed by atoms with Gasteiger partial charge in [0.2, 0.25) is 0 Å². The van der Waals surface area contributed by atoms with E-state index in [9.17, 15) is 4.79 Å². The van der Waals surface area contributed by atoms with Gasteiger partial charge in [0, 0.05) is 18.7 Å². The van der Waals surface area contributed by atoms with Crippen molar-refractivity contribution in [3.63, 3.8) is 0 Å². The predicted octanol–water partition coefficient (Wildman–Crippen LogP) is 7.86. The average molecular weight is 429 g/mol. The summed E-state index contributed by atoms with van der Waals surface area (Å²) >= 11 is 1.56. The Hall–Kier alpha value is -1.68. The average Bonchev–Trinajstić information content (AvgIpc) is 3.23. The van der Waals surface area contributed by atoms with Crippen LogP contribution in [-0.2, 0) is 0 Å². The smallest absolute Gasteiger partial charge is 0.186 e. The Balaban J connectivity index is 2.32. The second kappa shape index (κ2) is 13.6. The van der Waals surface area contributed by atoms with Crippen molar-refractivity contribution in [2.24, 2.45) is 11.8 Å². The minimum Gasteiger partial charge on any atom is -0.348 e. The summed E-state index contributed by atoms with van der Waals surface area (Å²) in [6.45, 7) is 11.2. The van der Waals surface area contributed by atoms with Gasteiger partial charge in [-0.15, -0.1) is 0 Å². The molecule has 0 fully saturated rings. The van der Waals surface area contributed by atoms with E-state index in [1.165, 1.54) is 51.4 Å². The maximum Gasteiger partial charge on any atom is 0.186 e. The van der Waals surface area contributed by atoms with Gasteiger partial charge in [0.15, 0.2) is 11.4 Å². The minimum atomic E-state index is 0.678. The maximum absolute atomic E-state index is 11.8. The molecule has 0 aliphatic carbocycles. The Bertz CT molecular complexity index is 710. The van der Waals surface area contributed by atoms with Crippen molar-refractivity contribution in [1.29, 1.82) is 0 Å². The highest BCUT2D eigenvalue weighted by atomic mass is 32.1. The molecule has 0 N–H and O–H groups in total. The first kappa shape index (κ1) is 24.6. The first-order chi connectivity index (χ1) is 14.7. The van der Waals surface area contributed by atoms with Gasteiger partial charge in [-0.1, -0.05) is 108 Å². The van der Waals surface area contributed by atoms with Crippen molar-refractivity contribution >= 4 is 22.8 Å². The molecule has 2 unspecified atom stereocenters. The van der Waals surface area contributed by atoms with E-state index in [4.69, 9.17) is 4.98 Å². The molecule has 0 spiro atoms. The third-order valence-electron chi connectivity index (χ3n) is 6.11. The molecule has 0 saturated carbocycles. The molecule has 0 radical (unpaired) electrons. The number of unbranched alkanes of at least 4 members (excludes halogenated alkanes) is 2. The van der Waals surface area contributed by atoms with Gasteiger partial charge in [0.1, 0.15) is 0 Å². The molecule has 4 heteroatoms. The Labute approximate surface area is 187 Å². The van der Waals surface area contributed by atoms with Gasteiger partial charge in [-0.3, -0.25) is 4.79 Å². The van der Waals surface area contributed by atoms with Gasteiger partial charge in [-0.25, -0.2) is 4.98 Å². The lowest BCUT2D eigenvalue weighted by Crippen LogP contribution is -2.34. The third kappa shape index (κ3) is 7.23. The van der Waals surface area contributed by atoms with Crippen LogP contribution in [0, 0.1) is 11.8 Å². The SMILES string of the molecule is CCCCC(CC)CN(CC(CC)CCCC)c1nc(-c2ccccc2)c(C=O)s1. The van der Waals surface area contributed by atoms with Crippen LogP contribution in [0.15, 0.2) is 30.3 Å². The Morgan fingerprint density at radius 1 is 0.933 bits per heavy atom. The quantitative estimate of drug-likeness (QED) is 0.271. The van der Waals surface area contributed by atoms with E-state index in [-0.39, 0.29) is 0 Å². The molecule has 1 heterocycles. The highest BCUT2D eigenvalue weighted by Crippen LogP contribution is 2.34. The zero-order valence-corrected chi connectivity index (χ0v) is 20.2. The molecule has 30 heavy (non-hydrogen) atoms. The highest BCUT2D eigenvalue weighted by Gasteiger charge is 2.22. The van der Waals surface area contributed by atoms with E-state index in [0.29, 0.717) is 11.8 Å². The summed E-state index contributed by atoms with van der Waals surface area (Å²) in [5, 5.41) is 1.01. The maximum atomic E-state index is 11.8. The van der Waals surface area contributed by atoms with Crippen molar-refractivity contribution in [3.05, 3.63) is 35.2 Å². The van der Waals surface area contributed by atoms with E-state index in [1.54, 1.807) is 11.3 Å². The molecule has 0 saturated heterocycles. The lowest BCUT2D eigenvalue weighted by atomic mass is 9.96. The largest absolute Gasteiger partial charge is 0.348 e. The van der Waals surface area contributed by atoms with E-state index < -0.39 is 0 Å². The molecule has 0 aliphatic rings. The van der Waals surface area contributed by atoms with Crippen LogP contribution in [0.25, 0.3) is 11.3 Å². The summed E-state index contributed by atoms with van der Waals surface area (Å²) in [6.07, 6.45) is 11.0. The number of benzene rings is 1. The highest BCUT2D eigenvalue weighted by molar-refractivity contribution is 7.17. The number of hydrogen-bond donors (Lipinski definition) is 0. The zero-order chi connectivity index (χ0) is 21.8. The van der Waals surface area contributed by atoms with Crippen LogP contribution in [0.4, 0.5) is 5.13 Å². The van der Waals surface area contributed by atoms with Crippen LogP contribution in [-0.4, -0.2) is 24.4 Å². The molecule has 1 aromatic carbocycles. The molecule has 0 aliphatic heterocycles. The number of aromatic nitrogens is 1. The number of anilines is 1. The third-order valence-corrected chi connectivity index (χ3v) is 7.15. The van der Waals surface area contributed by atoms with Gasteiger partial charge in [-0.05, 0) is 24.7 Å². The van der Waals surface area contributed by atoms with Gasteiger partial charge in [0.25, 0.3) is 0 Å². The summed E-state index contributed by atoms with van der Waals surface area (Å²) in [6, 6.07) is 10.1. The van der Waals surface area contributed by atoms with Crippen molar-refractivity contribution in [2.45, 2.75) is 79.1 Å². The normalized spacial score (nSPS) is 13.2. The Morgan fingerprint density at radius 2 is 1.50 bits per heavy atom. The van der Waals surface area contributed by atoms with Crippen LogP contribution in [0.3, 0.4) is 0 Å². The first-order valence-electron chi connectivity index (χ1n) is 11.9. The second-order valence-electron chi connectivity index (χ2n) is 8.43. The summed E-state index contributed by atoms with van der Waals surface area (Å²) in [7, 11) is 0. The molecule has 2 atom stereocenters. The van der Waals surface area contributed by atoms with Crippen LogP contribution >= 0.6 is 11.3 Å². The molecule has 1 aromatic heterocycles. The van der Waals surface area contributed by atoms with E-state index in [0.717, 1.165) is 40.6 Å². The van der Waals surface area contributed by atoms with Gasteiger partial charge < -0.3 is 4.90 Å². The predicted molar refractivity (Wildman–Crippen MR) is 132 cm³/mol. The molecule has 0 amide bonds. The van der Waals surface area contributed by atoms with Crippen molar-refractivity contribution in [1.82, 2.24) is 4.98 Å². The molecule has 166 valence electrons. The van der Waals surface area contributed by atoms with Crippen LogP contribution in [0.1, 0.15) is 88.7 Å². The lowest BCUT2D eigenvalue weighted by Gasteiger charge is -2.30. The Morgan fingerprint density at radius 3 is 1.97 bits per heavy atom. The topological polar surface area (TPSA) is 33.2 Å². The van der Waals surface area contributed by atoms with Crippen LogP contribution in [0.5, 0.6) is 0 Å². The molecule has 2 aromatic rings. The van der Waals surface area contributed by atoms with E-state index >= 15 is 0 Å². The van der Waals surface area contributed by atoms with Crippen molar-refractivity contribution in [2.75, 3.05) is 18.0 Å². The number of carbonyl (C=O) groups excluding carboxylic acids is 1. The number of nitrogens with zero attached hydrogens (tertiary/aromatic N) is 2. The van der Waals surface area contributed by atoms with Gasteiger partial charge in [0.05, 0.1) is 10.6 Å². The van der Waals surface area contributed by atoms with Crippen LogP contribution in [0.2, 0.25) is 0 Å².